The molecule has 6 heteroatoms. The van der Waals surface area contributed by atoms with Crippen LogP contribution < -0.4 is 0 Å². The van der Waals surface area contributed by atoms with Crippen molar-refractivity contribution in [3.63, 3.8) is 0 Å². The fourth-order valence-electron chi connectivity index (χ4n) is 4.73. The maximum atomic E-state index is 12.5. The molecule has 6 atom stereocenters. The summed E-state index contributed by atoms with van der Waals surface area (Å²) < 4.78 is 4.96. The van der Waals surface area contributed by atoms with Crippen molar-refractivity contribution in [3.8, 4) is 0 Å². The van der Waals surface area contributed by atoms with Crippen molar-refractivity contribution in [1.82, 2.24) is 0 Å². The summed E-state index contributed by atoms with van der Waals surface area (Å²) in [5.41, 5.74) is -1.62. The molecule has 0 aromatic heterocycles. The highest BCUT2D eigenvalue weighted by Crippen LogP contribution is 2.63. The van der Waals surface area contributed by atoms with Crippen LogP contribution in [0.5, 0.6) is 0 Å². The minimum Gasteiger partial charge on any atom is -0.435 e. The van der Waals surface area contributed by atoms with Gasteiger partial charge in [0.2, 0.25) is 6.29 Å². The van der Waals surface area contributed by atoms with Crippen molar-refractivity contribution in [2.75, 3.05) is 0 Å². The molecule has 0 unspecified atom stereocenters. The lowest BCUT2D eigenvalue weighted by Crippen LogP contribution is -2.64. The Labute approximate surface area is 122 Å². The molecule has 1 saturated carbocycles. The molecule has 2 fully saturated rings. The molecule has 0 aromatic carbocycles. The molecule has 1 heterocycles. The lowest BCUT2D eigenvalue weighted by molar-refractivity contribution is -0.194. The molecule has 1 aliphatic heterocycles. The lowest BCUT2D eigenvalue weighted by Gasteiger charge is -2.56. The van der Waals surface area contributed by atoms with Crippen LogP contribution in [0.3, 0.4) is 0 Å². The van der Waals surface area contributed by atoms with Gasteiger partial charge in [-0.15, -0.1) is 0 Å². The first-order valence-electron chi connectivity index (χ1n) is 7.17. The van der Waals surface area contributed by atoms with E-state index in [1.165, 1.54) is 0 Å². The minimum absolute atomic E-state index is 0.258. The van der Waals surface area contributed by atoms with Crippen molar-refractivity contribution >= 4 is 12.3 Å². The van der Waals surface area contributed by atoms with E-state index >= 15 is 0 Å². The van der Waals surface area contributed by atoms with Crippen molar-refractivity contribution in [2.24, 2.45) is 22.7 Å². The van der Waals surface area contributed by atoms with Crippen LogP contribution in [0.4, 0.5) is 0 Å². The predicted molar refractivity (Wildman–Crippen MR) is 70.7 cm³/mol. The molecule has 2 aliphatic carbocycles. The number of aliphatic hydroxyl groups excluding tert-OH is 3. The maximum absolute atomic E-state index is 12.5. The summed E-state index contributed by atoms with van der Waals surface area (Å²) in [7, 11) is 0. The topological polar surface area (TPSA) is 104 Å². The highest BCUT2D eigenvalue weighted by molar-refractivity contribution is 5.87. The van der Waals surface area contributed by atoms with Crippen molar-refractivity contribution in [1.29, 1.82) is 0 Å². The van der Waals surface area contributed by atoms with Gasteiger partial charge in [-0.05, 0) is 29.7 Å². The number of carbonyl (C=O) groups is 2. The molecule has 3 aliphatic rings. The Bertz CT molecular complexity index is 524. The molecule has 116 valence electrons. The van der Waals surface area contributed by atoms with Gasteiger partial charge < -0.3 is 20.1 Å². The smallest absolute Gasteiger partial charge is 0.318 e. The van der Waals surface area contributed by atoms with Crippen LogP contribution in [0.2, 0.25) is 0 Å². The summed E-state index contributed by atoms with van der Waals surface area (Å²) in [5, 5.41) is 30.8. The standard InChI is InChI=1S/C15H20O6/c1-14(2)5-8(17)11(18)15-9(14)4-3-7(6-16)10(15)12(19)21-13(15)20/h3,6,8-12,17-19H,4-5H2,1-2H3/t8-,9-,10+,11-,12-,15+/m0/s1. The van der Waals surface area contributed by atoms with Gasteiger partial charge in [-0.25, -0.2) is 0 Å². The molecule has 0 amide bonds. The number of aliphatic hydroxyl groups is 3. The Kier molecular flexibility index (Phi) is 3.06. The average Bonchev–Trinajstić information content (AvgIpc) is 2.68. The second-order valence-corrected chi connectivity index (χ2v) is 7.02. The normalized spacial score (nSPS) is 48.0. The Morgan fingerprint density at radius 1 is 1.33 bits per heavy atom. The largest absolute Gasteiger partial charge is 0.435 e. The monoisotopic (exact) mass is 296 g/mol. The summed E-state index contributed by atoms with van der Waals surface area (Å²) in [6.45, 7) is 3.84. The number of hydrogen-bond donors (Lipinski definition) is 3. The van der Waals surface area contributed by atoms with Gasteiger partial charge in [0.1, 0.15) is 11.7 Å². The molecule has 0 radical (unpaired) electrons. The second kappa shape index (κ2) is 4.38. The van der Waals surface area contributed by atoms with Crippen LogP contribution in [-0.4, -0.2) is 46.1 Å². The van der Waals surface area contributed by atoms with Gasteiger partial charge in [-0.3, -0.25) is 9.59 Å². The third-order valence-corrected chi connectivity index (χ3v) is 5.57. The number of ether oxygens (including phenoxy) is 1. The average molecular weight is 296 g/mol. The van der Waals surface area contributed by atoms with Gasteiger partial charge in [-0.2, -0.15) is 0 Å². The molecule has 3 N–H and O–H groups in total. The van der Waals surface area contributed by atoms with Crippen LogP contribution in [0.1, 0.15) is 26.7 Å². The van der Waals surface area contributed by atoms with Gasteiger partial charge in [0.05, 0.1) is 18.1 Å². The summed E-state index contributed by atoms with van der Waals surface area (Å²) in [4.78, 5) is 23.8. The molecule has 0 aromatic rings. The van der Waals surface area contributed by atoms with E-state index in [1.54, 1.807) is 6.08 Å². The van der Waals surface area contributed by atoms with E-state index in [2.05, 4.69) is 0 Å². The summed E-state index contributed by atoms with van der Waals surface area (Å²) in [6.07, 6.45) is -0.833. The van der Waals surface area contributed by atoms with E-state index in [-0.39, 0.29) is 11.5 Å². The third kappa shape index (κ3) is 1.64. The zero-order valence-electron chi connectivity index (χ0n) is 12.0. The third-order valence-electron chi connectivity index (χ3n) is 5.57. The van der Waals surface area contributed by atoms with Gasteiger partial charge in [-0.1, -0.05) is 19.9 Å². The number of cyclic esters (lactones) is 1. The number of hydrogen-bond acceptors (Lipinski definition) is 6. The fourth-order valence-corrected chi connectivity index (χ4v) is 4.73. The highest BCUT2D eigenvalue weighted by atomic mass is 16.6. The van der Waals surface area contributed by atoms with Gasteiger partial charge in [0, 0.05) is 0 Å². The Balaban J connectivity index is 2.24. The minimum atomic E-state index is -1.47. The fraction of sp³-hybridized carbons (Fsp3) is 0.733. The van der Waals surface area contributed by atoms with E-state index < -0.39 is 41.2 Å². The van der Waals surface area contributed by atoms with E-state index in [9.17, 15) is 24.9 Å². The van der Waals surface area contributed by atoms with Crippen molar-refractivity contribution < 1.29 is 29.6 Å². The summed E-state index contributed by atoms with van der Waals surface area (Å²) in [5.74, 6) is -1.95. The van der Waals surface area contributed by atoms with E-state index in [1.807, 2.05) is 13.8 Å². The number of allylic oxidation sites excluding steroid dienone is 1. The van der Waals surface area contributed by atoms with Crippen LogP contribution in [0, 0.1) is 22.7 Å². The zero-order chi connectivity index (χ0) is 15.6. The first-order valence-corrected chi connectivity index (χ1v) is 7.17. The highest BCUT2D eigenvalue weighted by Gasteiger charge is 2.72. The van der Waals surface area contributed by atoms with Crippen LogP contribution in [0.15, 0.2) is 11.6 Å². The SMILES string of the molecule is CC1(C)C[C@H](O)[C@H](O)[C@]23C(=O)O[C@H](O)[C@H]2C(C=O)=CC[C@@H]13. The number of rotatable bonds is 1. The summed E-state index contributed by atoms with van der Waals surface area (Å²) >= 11 is 0. The van der Waals surface area contributed by atoms with Crippen LogP contribution >= 0.6 is 0 Å². The quantitative estimate of drug-likeness (QED) is 0.456. The molecule has 6 nitrogen and oxygen atoms in total. The first kappa shape index (κ1) is 14.7. The number of carbonyl (C=O) groups excluding carboxylic acids is 2. The van der Waals surface area contributed by atoms with Crippen molar-refractivity contribution in [3.05, 3.63) is 11.6 Å². The second-order valence-electron chi connectivity index (χ2n) is 7.02. The summed E-state index contributed by atoms with van der Waals surface area (Å²) in [6, 6.07) is 0. The van der Waals surface area contributed by atoms with Gasteiger partial charge in [0.25, 0.3) is 0 Å². The Morgan fingerprint density at radius 2 is 2.00 bits per heavy atom. The Hall–Kier alpha value is -1.24. The molecular formula is C15H20O6. The molecule has 0 bridgehead atoms. The van der Waals surface area contributed by atoms with E-state index in [0.29, 0.717) is 19.1 Å². The molecule has 1 saturated heterocycles. The molecular weight excluding hydrogens is 276 g/mol. The van der Waals surface area contributed by atoms with Gasteiger partial charge in [0.15, 0.2) is 0 Å². The number of esters is 1. The van der Waals surface area contributed by atoms with Crippen LogP contribution in [0.25, 0.3) is 0 Å². The molecule has 21 heavy (non-hydrogen) atoms. The predicted octanol–water partition coefficient (Wildman–Crippen LogP) is -0.239. The molecule has 3 rings (SSSR count). The van der Waals surface area contributed by atoms with Crippen LogP contribution in [-0.2, 0) is 14.3 Å². The molecule has 1 spiro atoms. The zero-order valence-corrected chi connectivity index (χ0v) is 12.0. The van der Waals surface area contributed by atoms with E-state index in [0.717, 1.165) is 0 Å². The number of aldehydes is 1. The van der Waals surface area contributed by atoms with Gasteiger partial charge >= 0.3 is 5.97 Å². The first-order chi connectivity index (χ1) is 9.76. The Morgan fingerprint density at radius 3 is 2.62 bits per heavy atom. The lowest BCUT2D eigenvalue weighted by atomic mass is 9.47. The maximum Gasteiger partial charge on any atom is 0.318 e. The van der Waals surface area contributed by atoms with E-state index in [4.69, 9.17) is 4.74 Å². The van der Waals surface area contributed by atoms with Crippen molar-refractivity contribution in [2.45, 2.75) is 45.2 Å².